The van der Waals surface area contributed by atoms with E-state index in [0.717, 1.165) is 21.1 Å². The Kier molecular flexibility index (Phi) is 4.28. The second kappa shape index (κ2) is 5.94. The van der Waals surface area contributed by atoms with E-state index in [-0.39, 0.29) is 0 Å². The van der Waals surface area contributed by atoms with Crippen LogP contribution in [0.3, 0.4) is 0 Å². The number of aliphatic hydroxyl groups is 1. The summed E-state index contributed by atoms with van der Waals surface area (Å²) in [7, 11) is 1.67. The van der Waals surface area contributed by atoms with Crippen molar-refractivity contribution in [3.8, 4) is 5.75 Å². The highest BCUT2D eigenvalue weighted by Gasteiger charge is 2.10. The van der Waals surface area contributed by atoms with E-state index in [1.807, 2.05) is 48.5 Å². The lowest BCUT2D eigenvalue weighted by Crippen LogP contribution is -1.93. The van der Waals surface area contributed by atoms with Gasteiger partial charge in [-0.15, -0.1) is 0 Å². The largest absolute Gasteiger partial charge is 0.496 e. The van der Waals surface area contributed by atoms with Gasteiger partial charge in [0.1, 0.15) is 5.75 Å². The van der Waals surface area contributed by atoms with Gasteiger partial charge in [-0.25, -0.2) is 0 Å². The highest BCUT2D eigenvalue weighted by atomic mass is 32.2. The molecule has 0 unspecified atom stereocenters. The highest BCUT2D eigenvalue weighted by molar-refractivity contribution is 7.99. The maximum atomic E-state index is 9.76. The van der Waals surface area contributed by atoms with Crippen LogP contribution < -0.4 is 4.74 Å². The van der Waals surface area contributed by atoms with Crippen LogP contribution in [0.4, 0.5) is 0 Å². The van der Waals surface area contributed by atoms with Crippen LogP contribution in [-0.4, -0.2) is 12.2 Å². The Bertz CT molecular complexity index is 523. The predicted octanol–water partition coefficient (Wildman–Crippen LogP) is 3.90. The molecule has 1 N–H and O–H groups in total. The van der Waals surface area contributed by atoms with Gasteiger partial charge < -0.3 is 9.84 Å². The molecule has 0 bridgehead atoms. The molecular formula is C15H16O2S. The van der Waals surface area contributed by atoms with Gasteiger partial charge in [0, 0.05) is 4.90 Å². The average molecular weight is 260 g/mol. The van der Waals surface area contributed by atoms with E-state index < -0.39 is 6.10 Å². The molecule has 18 heavy (non-hydrogen) atoms. The lowest BCUT2D eigenvalue weighted by atomic mass is 10.1. The number of benzene rings is 2. The fourth-order valence-electron chi connectivity index (χ4n) is 1.74. The number of ether oxygens (including phenoxy) is 1. The van der Waals surface area contributed by atoms with Crippen LogP contribution in [0.5, 0.6) is 5.75 Å². The summed E-state index contributed by atoms with van der Waals surface area (Å²) in [6, 6.07) is 15.8. The fourth-order valence-corrected chi connectivity index (χ4v) is 2.88. The van der Waals surface area contributed by atoms with Crippen molar-refractivity contribution < 1.29 is 9.84 Å². The molecule has 1 atom stereocenters. The fraction of sp³-hybridized carbons (Fsp3) is 0.200. The van der Waals surface area contributed by atoms with Crippen molar-refractivity contribution in [3.05, 3.63) is 54.1 Å². The summed E-state index contributed by atoms with van der Waals surface area (Å²) in [6.45, 7) is 1.78. The Balaban J connectivity index is 2.34. The minimum absolute atomic E-state index is 0.469. The molecule has 2 rings (SSSR count). The number of hydrogen-bond acceptors (Lipinski definition) is 3. The first kappa shape index (κ1) is 13.0. The number of hydrogen-bond donors (Lipinski definition) is 1. The van der Waals surface area contributed by atoms with Crippen molar-refractivity contribution in [2.75, 3.05) is 7.11 Å². The average Bonchev–Trinajstić information content (AvgIpc) is 2.40. The number of methoxy groups -OCH3 is 1. The van der Waals surface area contributed by atoms with E-state index in [9.17, 15) is 5.11 Å². The molecule has 2 nitrogen and oxygen atoms in total. The van der Waals surface area contributed by atoms with Crippen LogP contribution in [0.15, 0.2) is 58.3 Å². The third kappa shape index (κ3) is 2.86. The molecule has 0 aromatic heterocycles. The zero-order valence-corrected chi connectivity index (χ0v) is 11.3. The van der Waals surface area contributed by atoms with Gasteiger partial charge in [0.25, 0.3) is 0 Å². The SMILES string of the molecule is COc1ccccc1Sc1ccccc1[C@H](C)O. The minimum Gasteiger partial charge on any atom is -0.496 e. The first-order valence-electron chi connectivity index (χ1n) is 5.80. The van der Waals surface area contributed by atoms with Crippen molar-refractivity contribution in [1.29, 1.82) is 0 Å². The topological polar surface area (TPSA) is 29.5 Å². The van der Waals surface area contributed by atoms with E-state index in [2.05, 4.69) is 0 Å². The molecular weight excluding hydrogens is 244 g/mol. The van der Waals surface area contributed by atoms with Crippen molar-refractivity contribution in [1.82, 2.24) is 0 Å². The lowest BCUT2D eigenvalue weighted by molar-refractivity contribution is 0.196. The molecule has 0 heterocycles. The summed E-state index contributed by atoms with van der Waals surface area (Å²) in [5.41, 5.74) is 0.938. The van der Waals surface area contributed by atoms with Crippen LogP contribution in [0.25, 0.3) is 0 Å². The molecule has 0 aliphatic rings. The van der Waals surface area contributed by atoms with Gasteiger partial charge in [-0.3, -0.25) is 0 Å². The van der Waals surface area contributed by atoms with E-state index >= 15 is 0 Å². The molecule has 2 aromatic carbocycles. The van der Waals surface area contributed by atoms with Gasteiger partial charge >= 0.3 is 0 Å². The molecule has 0 radical (unpaired) electrons. The van der Waals surface area contributed by atoms with Crippen molar-refractivity contribution >= 4 is 11.8 Å². The Labute approximate surface area is 112 Å². The third-order valence-electron chi connectivity index (χ3n) is 2.66. The Hall–Kier alpha value is -1.45. The molecule has 0 aliphatic carbocycles. The molecule has 2 aromatic rings. The third-order valence-corrected chi connectivity index (χ3v) is 3.81. The van der Waals surface area contributed by atoms with E-state index in [4.69, 9.17) is 4.74 Å². The first-order chi connectivity index (χ1) is 8.72. The molecule has 3 heteroatoms. The molecule has 0 aliphatic heterocycles. The number of rotatable bonds is 4. The summed E-state index contributed by atoms with van der Waals surface area (Å²) in [4.78, 5) is 2.10. The normalized spacial score (nSPS) is 12.2. The number of para-hydroxylation sites is 1. The lowest BCUT2D eigenvalue weighted by Gasteiger charge is -2.13. The van der Waals surface area contributed by atoms with Gasteiger partial charge in [-0.2, -0.15) is 0 Å². The Morgan fingerprint density at radius 3 is 2.28 bits per heavy atom. The zero-order chi connectivity index (χ0) is 13.0. The standard InChI is InChI=1S/C15H16O2S/c1-11(16)12-7-3-5-9-14(12)18-15-10-6-4-8-13(15)17-2/h3-11,16H,1-2H3/t11-/m0/s1. The molecule has 0 amide bonds. The molecule has 0 saturated heterocycles. The molecule has 0 saturated carbocycles. The summed E-state index contributed by atoms with van der Waals surface area (Å²) in [5, 5.41) is 9.76. The van der Waals surface area contributed by atoms with Crippen LogP contribution in [-0.2, 0) is 0 Å². The van der Waals surface area contributed by atoms with E-state index in [0.29, 0.717) is 0 Å². The maximum Gasteiger partial charge on any atom is 0.132 e. The van der Waals surface area contributed by atoms with Gasteiger partial charge in [-0.05, 0) is 30.7 Å². The summed E-state index contributed by atoms with van der Waals surface area (Å²) in [6.07, 6.45) is -0.469. The van der Waals surface area contributed by atoms with E-state index in [1.165, 1.54) is 0 Å². The summed E-state index contributed by atoms with van der Waals surface area (Å²) < 4.78 is 5.33. The van der Waals surface area contributed by atoms with Crippen molar-refractivity contribution in [2.24, 2.45) is 0 Å². The molecule has 94 valence electrons. The van der Waals surface area contributed by atoms with E-state index in [1.54, 1.807) is 25.8 Å². The van der Waals surface area contributed by atoms with Gasteiger partial charge in [0.15, 0.2) is 0 Å². The van der Waals surface area contributed by atoms with Gasteiger partial charge in [0.05, 0.1) is 18.1 Å². The first-order valence-corrected chi connectivity index (χ1v) is 6.62. The monoisotopic (exact) mass is 260 g/mol. The smallest absolute Gasteiger partial charge is 0.132 e. The van der Waals surface area contributed by atoms with Crippen LogP contribution in [0, 0.1) is 0 Å². The summed E-state index contributed by atoms with van der Waals surface area (Å²) >= 11 is 1.61. The van der Waals surface area contributed by atoms with Crippen LogP contribution >= 0.6 is 11.8 Å². The molecule has 0 spiro atoms. The van der Waals surface area contributed by atoms with Crippen molar-refractivity contribution in [3.63, 3.8) is 0 Å². The van der Waals surface area contributed by atoms with Gasteiger partial charge in [-0.1, -0.05) is 42.1 Å². The second-order valence-corrected chi connectivity index (χ2v) is 5.05. The number of aliphatic hydroxyl groups excluding tert-OH is 1. The van der Waals surface area contributed by atoms with Crippen LogP contribution in [0.2, 0.25) is 0 Å². The zero-order valence-electron chi connectivity index (χ0n) is 10.5. The quantitative estimate of drug-likeness (QED) is 0.904. The Morgan fingerprint density at radius 2 is 1.61 bits per heavy atom. The van der Waals surface area contributed by atoms with Gasteiger partial charge in [0.2, 0.25) is 0 Å². The second-order valence-electron chi connectivity index (χ2n) is 3.97. The maximum absolute atomic E-state index is 9.76. The highest BCUT2D eigenvalue weighted by Crippen LogP contribution is 2.37. The Morgan fingerprint density at radius 1 is 1.00 bits per heavy atom. The molecule has 0 fully saturated rings. The summed E-state index contributed by atoms with van der Waals surface area (Å²) in [5.74, 6) is 0.850. The minimum atomic E-state index is -0.469. The predicted molar refractivity (Wildman–Crippen MR) is 74.2 cm³/mol. The van der Waals surface area contributed by atoms with Crippen molar-refractivity contribution in [2.45, 2.75) is 22.8 Å². The van der Waals surface area contributed by atoms with Crippen LogP contribution in [0.1, 0.15) is 18.6 Å².